The van der Waals surface area contributed by atoms with E-state index in [1.807, 2.05) is 62.3 Å². The van der Waals surface area contributed by atoms with Crippen LogP contribution in [-0.4, -0.2) is 18.7 Å². The van der Waals surface area contributed by atoms with Crippen LogP contribution < -0.4 is 10.5 Å². The van der Waals surface area contributed by atoms with Crippen LogP contribution >= 0.6 is 0 Å². The van der Waals surface area contributed by atoms with Crippen molar-refractivity contribution >= 4 is 5.69 Å². The quantitative estimate of drug-likeness (QED) is 0.839. The number of nitrogens with zero attached hydrogens (tertiary/aromatic N) is 3. The van der Waals surface area contributed by atoms with Gasteiger partial charge in [-0.1, -0.05) is 12.1 Å². The Morgan fingerprint density at radius 1 is 1.20 bits per heavy atom. The molecule has 102 valence electrons. The van der Waals surface area contributed by atoms with Gasteiger partial charge in [0.15, 0.2) is 0 Å². The zero-order chi connectivity index (χ0) is 14.9. The second-order valence-electron chi connectivity index (χ2n) is 4.99. The van der Waals surface area contributed by atoms with Crippen molar-refractivity contribution in [3.05, 3.63) is 51.9 Å². The van der Waals surface area contributed by atoms with Crippen LogP contribution in [0.25, 0.3) is 11.1 Å². The molecular formula is C16H17N3O. The van der Waals surface area contributed by atoms with Gasteiger partial charge >= 0.3 is 0 Å². The summed E-state index contributed by atoms with van der Waals surface area (Å²) >= 11 is 0. The van der Waals surface area contributed by atoms with E-state index in [0.717, 1.165) is 16.9 Å². The van der Waals surface area contributed by atoms with Gasteiger partial charge in [0.2, 0.25) is 0 Å². The Bertz CT molecular complexity index is 734. The highest BCUT2D eigenvalue weighted by molar-refractivity contribution is 5.72. The molecule has 4 nitrogen and oxygen atoms in total. The molecule has 0 aliphatic carbocycles. The first kappa shape index (κ1) is 13.9. The summed E-state index contributed by atoms with van der Waals surface area (Å²) in [7, 11) is 5.62. The Balaban J connectivity index is 2.64. The fourth-order valence-electron chi connectivity index (χ4n) is 2.10. The molecule has 1 aromatic heterocycles. The topological polar surface area (TPSA) is 49.0 Å². The summed E-state index contributed by atoms with van der Waals surface area (Å²) in [4.78, 5) is 14.1. The van der Waals surface area contributed by atoms with E-state index in [1.165, 1.54) is 4.57 Å². The third-order valence-electron chi connectivity index (χ3n) is 3.48. The van der Waals surface area contributed by atoms with Crippen molar-refractivity contribution in [3.8, 4) is 17.2 Å². The third kappa shape index (κ3) is 2.30. The molecule has 0 unspecified atom stereocenters. The van der Waals surface area contributed by atoms with E-state index in [-0.39, 0.29) is 11.1 Å². The van der Waals surface area contributed by atoms with Crippen molar-refractivity contribution in [2.45, 2.75) is 6.92 Å². The highest BCUT2D eigenvalue weighted by Gasteiger charge is 2.12. The minimum absolute atomic E-state index is 0.190. The van der Waals surface area contributed by atoms with Crippen LogP contribution in [0, 0.1) is 18.3 Å². The molecule has 0 aliphatic rings. The van der Waals surface area contributed by atoms with Gasteiger partial charge in [0.05, 0.1) is 0 Å². The molecule has 4 heteroatoms. The maximum Gasteiger partial charge on any atom is 0.269 e. The van der Waals surface area contributed by atoms with Crippen LogP contribution in [-0.2, 0) is 7.05 Å². The fraction of sp³-hybridized carbons (Fsp3) is 0.250. The number of aryl methyl sites for hydroxylation is 1. The Morgan fingerprint density at radius 2 is 1.80 bits per heavy atom. The second kappa shape index (κ2) is 5.22. The third-order valence-corrected chi connectivity index (χ3v) is 3.48. The van der Waals surface area contributed by atoms with Crippen LogP contribution in [0.1, 0.15) is 11.3 Å². The molecule has 0 saturated heterocycles. The summed E-state index contributed by atoms with van der Waals surface area (Å²) in [6.45, 7) is 1.86. The van der Waals surface area contributed by atoms with Crippen LogP contribution in [0.5, 0.6) is 0 Å². The van der Waals surface area contributed by atoms with Crippen LogP contribution in [0.2, 0.25) is 0 Å². The van der Waals surface area contributed by atoms with Gasteiger partial charge in [-0.3, -0.25) is 4.79 Å². The highest BCUT2D eigenvalue weighted by atomic mass is 16.1. The predicted octanol–water partition coefficient (Wildman–Crippen LogP) is 2.30. The molecular weight excluding hydrogens is 250 g/mol. The molecule has 20 heavy (non-hydrogen) atoms. The average Bonchev–Trinajstić information content (AvgIpc) is 2.44. The van der Waals surface area contributed by atoms with Crippen molar-refractivity contribution in [2.75, 3.05) is 19.0 Å². The number of anilines is 1. The second-order valence-corrected chi connectivity index (χ2v) is 4.99. The van der Waals surface area contributed by atoms with Gasteiger partial charge in [0, 0.05) is 38.1 Å². The highest BCUT2D eigenvalue weighted by Crippen LogP contribution is 2.24. The average molecular weight is 267 g/mol. The van der Waals surface area contributed by atoms with Crippen molar-refractivity contribution in [2.24, 2.45) is 7.05 Å². The number of hydrogen-bond donors (Lipinski definition) is 0. The van der Waals surface area contributed by atoms with E-state index in [4.69, 9.17) is 0 Å². The van der Waals surface area contributed by atoms with Gasteiger partial charge in [0.1, 0.15) is 11.6 Å². The van der Waals surface area contributed by atoms with E-state index < -0.39 is 0 Å². The summed E-state index contributed by atoms with van der Waals surface area (Å²) in [5.74, 6) is 0. The lowest BCUT2D eigenvalue weighted by Gasteiger charge is -2.14. The molecule has 2 aromatic rings. The minimum Gasteiger partial charge on any atom is -0.378 e. The molecule has 2 rings (SSSR count). The Kier molecular flexibility index (Phi) is 3.62. The van der Waals surface area contributed by atoms with E-state index in [0.29, 0.717) is 5.56 Å². The predicted molar refractivity (Wildman–Crippen MR) is 80.9 cm³/mol. The number of nitriles is 1. The zero-order valence-corrected chi connectivity index (χ0v) is 12.1. The normalized spacial score (nSPS) is 10.2. The van der Waals surface area contributed by atoms with E-state index in [1.54, 1.807) is 7.05 Å². The fourth-order valence-corrected chi connectivity index (χ4v) is 2.10. The molecule has 0 N–H and O–H groups in total. The summed E-state index contributed by atoms with van der Waals surface area (Å²) in [6, 6.07) is 11.7. The lowest BCUT2D eigenvalue weighted by Crippen LogP contribution is -2.22. The molecule has 0 amide bonds. The molecule has 0 spiro atoms. The molecule has 0 fully saturated rings. The molecule has 0 saturated carbocycles. The van der Waals surface area contributed by atoms with Crippen LogP contribution in [0.3, 0.4) is 0 Å². The van der Waals surface area contributed by atoms with Crippen molar-refractivity contribution in [3.63, 3.8) is 0 Å². The van der Waals surface area contributed by atoms with Crippen molar-refractivity contribution < 1.29 is 0 Å². The molecule has 1 aromatic carbocycles. The first-order valence-corrected chi connectivity index (χ1v) is 6.34. The van der Waals surface area contributed by atoms with Crippen LogP contribution in [0.15, 0.2) is 35.1 Å². The number of benzene rings is 1. The Hall–Kier alpha value is -2.54. The summed E-state index contributed by atoms with van der Waals surface area (Å²) in [5.41, 5.74) is 3.43. The monoisotopic (exact) mass is 267 g/mol. The maximum atomic E-state index is 12.1. The number of pyridine rings is 1. The molecule has 0 aliphatic heterocycles. The number of aromatic nitrogens is 1. The largest absolute Gasteiger partial charge is 0.378 e. The first-order chi connectivity index (χ1) is 9.45. The molecule has 1 heterocycles. The van der Waals surface area contributed by atoms with Crippen molar-refractivity contribution in [1.82, 2.24) is 4.57 Å². The van der Waals surface area contributed by atoms with E-state index in [2.05, 4.69) is 0 Å². The van der Waals surface area contributed by atoms with E-state index >= 15 is 0 Å². The standard InChI is InChI=1S/C16H17N3O/c1-11-9-14(15(10-17)16(20)19(11)4)12-5-7-13(8-6-12)18(2)3/h5-9H,1-4H3. The summed E-state index contributed by atoms with van der Waals surface area (Å²) < 4.78 is 1.50. The van der Waals surface area contributed by atoms with Gasteiger partial charge in [0.25, 0.3) is 5.56 Å². The minimum atomic E-state index is -0.251. The zero-order valence-electron chi connectivity index (χ0n) is 12.1. The van der Waals surface area contributed by atoms with Gasteiger partial charge in [-0.15, -0.1) is 0 Å². The molecule has 0 atom stereocenters. The Morgan fingerprint density at radius 3 is 2.30 bits per heavy atom. The first-order valence-electron chi connectivity index (χ1n) is 6.34. The van der Waals surface area contributed by atoms with Gasteiger partial charge < -0.3 is 9.47 Å². The SMILES string of the molecule is Cc1cc(-c2ccc(N(C)C)cc2)c(C#N)c(=O)n1C. The molecule has 0 bridgehead atoms. The summed E-state index contributed by atoms with van der Waals surface area (Å²) in [6.07, 6.45) is 0. The Labute approximate surface area is 118 Å². The maximum absolute atomic E-state index is 12.1. The summed E-state index contributed by atoms with van der Waals surface area (Å²) in [5, 5.41) is 9.25. The van der Waals surface area contributed by atoms with Gasteiger partial charge in [-0.05, 0) is 30.7 Å². The molecule has 0 radical (unpaired) electrons. The van der Waals surface area contributed by atoms with E-state index in [9.17, 15) is 10.1 Å². The van der Waals surface area contributed by atoms with Crippen molar-refractivity contribution in [1.29, 1.82) is 5.26 Å². The van der Waals surface area contributed by atoms with Gasteiger partial charge in [-0.25, -0.2) is 0 Å². The smallest absolute Gasteiger partial charge is 0.269 e. The van der Waals surface area contributed by atoms with Gasteiger partial charge in [-0.2, -0.15) is 5.26 Å². The number of hydrogen-bond acceptors (Lipinski definition) is 3. The lowest BCUT2D eigenvalue weighted by atomic mass is 10.0. The number of rotatable bonds is 2. The van der Waals surface area contributed by atoms with Crippen LogP contribution in [0.4, 0.5) is 5.69 Å². The lowest BCUT2D eigenvalue weighted by molar-refractivity contribution is 0.816.